The standard InChI is InChI=1S/C11H12N2O/c1-8-4-3-5-10(6-8)13-11(14)7-9(2)12-13/h3-7,12H,1-2H3. The second kappa shape index (κ2) is 3.18. The van der Waals surface area contributed by atoms with Gasteiger partial charge in [0.2, 0.25) is 0 Å². The van der Waals surface area contributed by atoms with Gasteiger partial charge in [0.25, 0.3) is 5.56 Å². The largest absolute Gasteiger partial charge is 0.295 e. The summed E-state index contributed by atoms with van der Waals surface area (Å²) in [7, 11) is 0. The van der Waals surface area contributed by atoms with Crippen molar-refractivity contribution < 1.29 is 0 Å². The van der Waals surface area contributed by atoms with Gasteiger partial charge in [-0.25, -0.2) is 4.68 Å². The molecule has 2 rings (SSSR count). The molecule has 3 heteroatoms. The van der Waals surface area contributed by atoms with Gasteiger partial charge in [-0.05, 0) is 31.5 Å². The summed E-state index contributed by atoms with van der Waals surface area (Å²) in [4.78, 5) is 11.5. The minimum absolute atomic E-state index is 0.0203. The zero-order chi connectivity index (χ0) is 10.1. The average Bonchev–Trinajstić information content (AvgIpc) is 2.45. The molecule has 2 aromatic rings. The highest BCUT2D eigenvalue weighted by atomic mass is 16.1. The molecule has 0 aliphatic carbocycles. The van der Waals surface area contributed by atoms with Crippen LogP contribution in [0.2, 0.25) is 0 Å². The van der Waals surface area contributed by atoms with Crippen molar-refractivity contribution in [2.24, 2.45) is 0 Å². The van der Waals surface area contributed by atoms with E-state index in [2.05, 4.69) is 5.10 Å². The minimum Gasteiger partial charge on any atom is -0.295 e. The van der Waals surface area contributed by atoms with E-state index in [4.69, 9.17) is 0 Å². The highest BCUT2D eigenvalue weighted by molar-refractivity contribution is 5.34. The van der Waals surface area contributed by atoms with Crippen LogP contribution in [0.5, 0.6) is 0 Å². The number of H-pyrrole nitrogens is 1. The van der Waals surface area contributed by atoms with Gasteiger partial charge >= 0.3 is 0 Å². The molecule has 0 aliphatic heterocycles. The van der Waals surface area contributed by atoms with E-state index < -0.39 is 0 Å². The maximum Gasteiger partial charge on any atom is 0.271 e. The Balaban J connectivity index is 2.60. The molecule has 0 spiro atoms. The van der Waals surface area contributed by atoms with Crippen LogP contribution in [-0.2, 0) is 0 Å². The van der Waals surface area contributed by atoms with Crippen molar-refractivity contribution >= 4 is 0 Å². The molecule has 1 aromatic heterocycles. The van der Waals surface area contributed by atoms with Crippen LogP contribution in [-0.4, -0.2) is 9.78 Å². The summed E-state index contributed by atoms with van der Waals surface area (Å²) in [5, 5.41) is 2.99. The van der Waals surface area contributed by atoms with E-state index in [1.165, 1.54) is 0 Å². The highest BCUT2D eigenvalue weighted by Crippen LogP contribution is 2.06. The van der Waals surface area contributed by atoms with Gasteiger partial charge in [-0.2, -0.15) is 0 Å². The zero-order valence-electron chi connectivity index (χ0n) is 8.24. The molecule has 0 aliphatic rings. The van der Waals surface area contributed by atoms with Gasteiger partial charge < -0.3 is 0 Å². The summed E-state index contributed by atoms with van der Waals surface area (Å²) in [5.41, 5.74) is 2.87. The van der Waals surface area contributed by atoms with E-state index >= 15 is 0 Å². The molecular weight excluding hydrogens is 176 g/mol. The van der Waals surface area contributed by atoms with Gasteiger partial charge in [0, 0.05) is 11.8 Å². The third-order valence-corrected chi connectivity index (χ3v) is 2.11. The summed E-state index contributed by atoms with van der Waals surface area (Å²) in [6.07, 6.45) is 0. The first-order chi connectivity index (χ1) is 6.66. The third-order valence-electron chi connectivity index (χ3n) is 2.11. The Morgan fingerprint density at radius 3 is 2.57 bits per heavy atom. The van der Waals surface area contributed by atoms with Crippen molar-refractivity contribution in [3.8, 4) is 5.69 Å². The summed E-state index contributed by atoms with van der Waals surface area (Å²) in [6, 6.07) is 9.40. The van der Waals surface area contributed by atoms with Crippen molar-refractivity contribution in [2.75, 3.05) is 0 Å². The van der Waals surface area contributed by atoms with Crippen LogP contribution >= 0.6 is 0 Å². The first-order valence-corrected chi connectivity index (χ1v) is 4.52. The van der Waals surface area contributed by atoms with Crippen molar-refractivity contribution in [1.82, 2.24) is 9.78 Å². The SMILES string of the molecule is Cc1cccc(-n2[nH]c(C)cc2=O)c1. The number of hydrogen-bond acceptors (Lipinski definition) is 1. The fourth-order valence-electron chi connectivity index (χ4n) is 1.47. The molecule has 0 saturated carbocycles. The summed E-state index contributed by atoms with van der Waals surface area (Å²) >= 11 is 0. The fraction of sp³-hybridized carbons (Fsp3) is 0.182. The number of hydrogen-bond donors (Lipinski definition) is 1. The Morgan fingerprint density at radius 2 is 2.00 bits per heavy atom. The lowest BCUT2D eigenvalue weighted by atomic mass is 10.2. The van der Waals surface area contributed by atoms with Crippen molar-refractivity contribution in [2.45, 2.75) is 13.8 Å². The van der Waals surface area contributed by atoms with E-state index in [1.807, 2.05) is 38.1 Å². The van der Waals surface area contributed by atoms with Crippen molar-refractivity contribution in [1.29, 1.82) is 0 Å². The van der Waals surface area contributed by atoms with E-state index in [9.17, 15) is 4.79 Å². The predicted octanol–water partition coefficient (Wildman–Crippen LogP) is 1.78. The lowest BCUT2D eigenvalue weighted by molar-refractivity contribution is 0.834. The molecule has 14 heavy (non-hydrogen) atoms. The smallest absolute Gasteiger partial charge is 0.271 e. The summed E-state index contributed by atoms with van der Waals surface area (Å²) < 4.78 is 1.54. The Morgan fingerprint density at radius 1 is 1.21 bits per heavy atom. The number of rotatable bonds is 1. The van der Waals surface area contributed by atoms with Crippen molar-refractivity contribution in [3.63, 3.8) is 0 Å². The number of nitrogens with one attached hydrogen (secondary N) is 1. The average molecular weight is 188 g/mol. The Kier molecular flexibility index (Phi) is 2.00. The predicted molar refractivity (Wildman–Crippen MR) is 55.9 cm³/mol. The number of nitrogens with zero attached hydrogens (tertiary/aromatic N) is 1. The van der Waals surface area contributed by atoms with E-state index in [-0.39, 0.29) is 5.56 Å². The van der Waals surface area contributed by atoms with Gasteiger partial charge in [-0.1, -0.05) is 12.1 Å². The molecule has 0 bridgehead atoms. The molecule has 0 fully saturated rings. The third kappa shape index (κ3) is 1.48. The van der Waals surface area contributed by atoms with Crippen molar-refractivity contribution in [3.05, 3.63) is 51.9 Å². The first-order valence-electron chi connectivity index (χ1n) is 4.52. The molecular formula is C11H12N2O. The lowest BCUT2D eigenvalue weighted by Crippen LogP contribution is -2.13. The van der Waals surface area contributed by atoms with Gasteiger partial charge in [-0.3, -0.25) is 9.89 Å². The van der Waals surface area contributed by atoms with Crippen LogP contribution in [0, 0.1) is 13.8 Å². The van der Waals surface area contributed by atoms with Gasteiger partial charge in [0.05, 0.1) is 5.69 Å². The summed E-state index contributed by atoms with van der Waals surface area (Å²) in [5.74, 6) is 0. The van der Waals surface area contributed by atoms with Crippen LogP contribution in [0.3, 0.4) is 0 Å². The molecule has 0 amide bonds. The normalized spacial score (nSPS) is 10.4. The number of aromatic nitrogens is 2. The van der Waals surface area contributed by atoms with Crippen LogP contribution in [0.1, 0.15) is 11.3 Å². The van der Waals surface area contributed by atoms with Crippen LogP contribution in [0.25, 0.3) is 5.69 Å². The number of benzene rings is 1. The second-order valence-electron chi connectivity index (χ2n) is 3.45. The van der Waals surface area contributed by atoms with Gasteiger partial charge in [0.15, 0.2) is 0 Å². The van der Waals surface area contributed by atoms with Gasteiger partial charge in [0.1, 0.15) is 0 Å². The summed E-state index contributed by atoms with van der Waals surface area (Å²) in [6.45, 7) is 3.87. The monoisotopic (exact) mass is 188 g/mol. The quantitative estimate of drug-likeness (QED) is 0.727. The second-order valence-corrected chi connectivity index (χ2v) is 3.45. The zero-order valence-corrected chi connectivity index (χ0v) is 8.24. The Hall–Kier alpha value is -1.77. The van der Waals surface area contributed by atoms with Crippen LogP contribution in [0.15, 0.2) is 35.1 Å². The molecule has 1 aromatic carbocycles. The highest BCUT2D eigenvalue weighted by Gasteiger charge is 2.01. The Labute approximate surface area is 82.0 Å². The molecule has 0 radical (unpaired) electrons. The molecule has 0 saturated heterocycles. The molecule has 3 nitrogen and oxygen atoms in total. The maximum absolute atomic E-state index is 11.5. The topological polar surface area (TPSA) is 37.8 Å². The minimum atomic E-state index is -0.0203. The molecule has 0 atom stereocenters. The van der Waals surface area contributed by atoms with E-state index in [1.54, 1.807) is 10.7 Å². The van der Waals surface area contributed by atoms with E-state index in [0.29, 0.717) is 0 Å². The Bertz CT molecular complexity index is 508. The van der Waals surface area contributed by atoms with Crippen LogP contribution < -0.4 is 5.56 Å². The molecule has 72 valence electrons. The first kappa shape index (κ1) is 8.81. The number of aromatic amines is 1. The molecule has 1 heterocycles. The molecule has 1 N–H and O–H groups in total. The fourth-order valence-corrected chi connectivity index (χ4v) is 1.47. The maximum atomic E-state index is 11.5. The number of aryl methyl sites for hydroxylation is 2. The lowest BCUT2D eigenvalue weighted by Gasteiger charge is -2.02. The molecule has 0 unspecified atom stereocenters. The van der Waals surface area contributed by atoms with Crippen LogP contribution in [0.4, 0.5) is 0 Å². The van der Waals surface area contributed by atoms with Gasteiger partial charge in [-0.15, -0.1) is 0 Å². The van der Waals surface area contributed by atoms with E-state index in [0.717, 1.165) is 16.9 Å².